The van der Waals surface area contributed by atoms with Crippen molar-refractivity contribution in [1.82, 2.24) is 34.3 Å². The summed E-state index contributed by atoms with van der Waals surface area (Å²) in [6.07, 6.45) is 9.34. The lowest BCUT2D eigenvalue weighted by Crippen LogP contribution is -2.53. The molecular weight excluding hydrogens is 457 g/mol. The summed E-state index contributed by atoms with van der Waals surface area (Å²) in [5.74, 6) is 0.437. The molecule has 0 saturated carbocycles. The van der Waals surface area contributed by atoms with Gasteiger partial charge in [0.1, 0.15) is 11.2 Å². The topological polar surface area (TPSA) is 82.9 Å². The smallest absolute Gasteiger partial charge is 0.260 e. The van der Waals surface area contributed by atoms with Crippen LogP contribution >= 0.6 is 0 Å². The lowest BCUT2D eigenvalue weighted by Gasteiger charge is -2.40. The number of H-pyrrole nitrogens is 1. The van der Waals surface area contributed by atoms with Crippen molar-refractivity contribution in [3.05, 3.63) is 66.7 Å². The van der Waals surface area contributed by atoms with E-state index in [1.807, 2.05) is 48.8 Å². The third kappa shape index (κ3) is 4.28. The van der Waals surface area contributed by atoms with E-state index < -0.39 is 5.67 Å². The van der Waals surface area contributed by atoms with Crippen LogP contribution in [0, 0.1) is 0 Å². The van der Waals surface area contributed by atoms with Crippen molar-refractivity contribution in [2.24, 2.45) is 0 Å². The van der Waals surface area contributed by atoms with Gasteiger partial charge in [-0.2, -0.15) is 0 Å². The van der Waals surface area contributed by atoms with Gasteiger partial charge in [0.15, 0.2) is 17.1 Å². The predicted octanol–water partition coefficient (Wildman–Crippen LogP) is 3.99. The van der Waals surface area contributed by atoms with E-state index in [1.54, 1.807) is 17.3 Å². The number of rotatable bonds is 5. The predicted molar refractivity (Wildman–Crippen MR) is 135 cm³/mol. The number of piperidine rings is 2. The van der Waals surface area contributed by atoms with Crippen molar-refractivity contribution in [3.63, 3.8) is 0 Å². The number of carbonyl (C=O) groups is 1. The molecule has 1 amide bonds. The Morgan fingerprint density at radius 1 is 1.03 bits per heavy atom. The number of halogens is 1. The van der Waals surface area contributed by atoms with Crippen LogP contribution in [0.4, 0.5) is 4.39 Å². The molecule has 1 N–H and O–H groups in total. The second kappa shape index (κ2) is 9.46. The Morgan fingerprint density at radius 2 is 1.83 bits per heavy atom. The second-order valence-electron chi connectivity index (χ2n) is 9.85. The van der Waals surface area contributed by atoms with Crippen molar-refractivity contribution < 1.29 is 9.18 Å². The van der Waals surface area contributed by atoms with Crippen LogP contribution in [0.5, 0.6) is 0 Å². The molecular formula is C27H30FN7O. The Labute approximate surface area is 209 Å². The molecule has 0 unspecified atom stereocenters. The molecule has 0 atom stereocenters. The number of hydrogen-bond acceptors (Lipinski definition) is 5. The van der Waals surface area contributed by atoms with Crippen LogP contribution in [0.3, 0.4) is 0 Å². The maximum absolute atomic E-state index is 15.8. The highest BCUT2D eigenvalue weighted by Gasteiger charge is 2.45. The number of alkyl halides is 1. The first-order chi connectivity index (χ1) is 17.6. The van der Waals surface area contributed by atoms with Crippen LogP contribution < -0.4 is 0 Å². The highest BCUT2D eigenvalue weighted by atomic mass is 19.1. The van der Waals surface area contributed by atoms with E-state index >= 15 is 4.39 Å². The standard InChI is InChI=1S/C27H30FN7O/c28-27(9-16-33(17-10-27)19-20-6-13-29-18-20)26(36)34-14-7-21(8-15-34)35-24-23(5-3-12-31-24)32-25(35)22-4-1-2-11-30-22/h1-6,11-13,18,21,29H,7-10,14-17,19H2. The fraction of sp³-hybridized carbons (Fsp3) is 0.407. The van der Waals surface area contributed by atoms with Gasteiger partial charge in [0.25, 0.3) is 5.91 Å². The van der Waals surface area contributed by atoms with E-state index in [0.717, 1.165) is 42.1 Å². The summed E-state index contributed by atoms with van der Waals surface area (Å²) in [5.41, 5.74) is 1.85. The van der Waals surface area contributed by atoms with Gasteiger partial charge < -0.3 is 14.5 Å². The molecule has 0 spiro atoms. The SMILES string of the molecule is O=C(N1CCC(n2c(-c3ccccn3)nc3cccnc32)CC1)C1(F)CCN(Cc2cc[nH]c2)CC1. The summed E-state index contributed by atoms with van der Waals surface area (Å²) in [6, 6.07) is 11.8. The monoisotopic (exact) mass is 487 g/mol. The number of nitrogens with one attached hydrogen (secondary N) is 1. The first kappa shape index (κ1) is 22.8. The Hall–Kier alpha value is -3.59. The molecule has 8 nitrogen and oxygen atoms in total. The Bertz CT molecular complexity index is 1320. The number of pyridine rings is 2. The number of hydrogen-bond donors (Lipinski definition) is 1. The molecule has 2 saturated heterocycles. The summed E-state index contributed by atoms with van der Waals surface area (Å²) in [5, 5.41) is 0. The van der Waals surface area contributed by atoms with Crippen LogP contribution in [0.1, 0.15) is 37.3 Å². The molecule has 0 aromatic carbocycles. The minimum Gasteiger partial charge on any atom is -0.367 e. The van der Waals surface area contributed by atoms with Crippen LogP contribution in [-0.4, -0.2) is 72.1 Å². The molecule has 0 aliphatic carbocycles. The van der Waals surface area contributed by atoms with Crippen LogP contribution in [-0.2, 0) is 11.3 Å². The van der Waals surface area contributed by atoms with E-state index in [0.29, 0.717) is 26.2 Å². The number of aromatic nitrogens is 5. The van der Waals surface area contributed by atoms with Gasteiger partial charge >= 0.3 is 0 Å². The molecule has 0 bridgehead atoms. The van der Waals surface area contributed by atoms with E-state index in [9.17, 15) is 4.79 Å². The summed E-state index contributed by atoms with van der Waals surface area (Å²) in [7, 11) is 0. The summed E-state index contributed by atoms with van der Waals surface area (Å²) < 4.78 is 18.0. The molecule has 9 heteroatoms. The molecule has 0 radical (unpaired) electrons. The van der Waals surface area contributed by atoms with E-state index in [4.69, 9.17) is 4.98 Å². The highest BCUT2D eigenvalue weighted by Crippen LogP contribution is 2.35. The van der Waals surface area contributed by atoms with Gasteiger partial charge in [-0.15, -0.1) is 0 Å². The summed E-state index contributed by atoms with van der Waals surface area (Å²) in [4.78, 5) is 34.2. The minimum absolute atomic E-state index is 0.115. The first-order valence-electron chi connectivity index (χ1n) is 12.7. The Morgan fingerprint density at radius 3 is 2.56 bits per heavy atom. The molecule has 2 aliphatic heterocycles. The zero-order valence-corrected chi connectivity index (χ0v) is 20.2. The zero-order valence-electron chi connectivity index (χ0n) is 20.2. The third-order valence-electron chi connectivity index (χ3n) is 7.56. The third-order valence-corrected chi connectivity index (χ3v) is 7.56. The Balaban J connectivity index is 1.14. The van der Waals surface area contributed by atoms with Gasteiger partial charge in [-0.1, -0.05) is 6.07 Å². The zero-order chi connectivity index (χ0) is 24.5. The van der Waals surface area contributed by atoms with Gasteiger partial charge in [-0.25, -0.2) is 14.4 Å². The number of nitrogens with zero attached hydrogens (tertiary/aromatic N) is 6. The number of aromatic amines is 1. The number of fused-ring (bicyclic) bond motifs is 1. The van der Waals surface area contributed by atoms with Gasteiger partial charge in [0.2, 0.25) is 0 Å². The van der Waals surface area contributed by atoms with Crippen LogP contribution in [0.2, 0.25) is 0 Å². The first-order valence-corrected chi connectivity index (χ1v) is 12.7. The molecule has 4 aromatic rings. The molecule has 6 heterocycles. The fourth-order valence-electron chi connectivity index (χ4n) is 5.56. The molecule has 186 valence electrons. The fourth-order valence-corrected chi connectivity index (χ4v) is 5.56. The number of carbonyl (C=O) groups excluding carboxylic acids is 1. The Kier molecular flexibility index (Phi) is 6.00. The molecule has 6 rings (SSSR count). The minimum atomic E-state index is -1.77. The maximum Gasteiger partial charge on any atom is 0.260 e. The van der Waals surface area contributed by atoms with Crippen LogP contribution in [0.25, 0.3) is 22.7 Å². The lowest BCUT2D eigenvalue weighted by molar-refractivity contribution is -0.148. The lowest BCUT2D eigenvalue weighted by atomic mass is 9.90. The average molecular weight is 488 g/mol. The molecule has 2 fully saturated rings. The normalized spacial score (nSPS) is 19.1. The van der Waals surface area contributed by atoms with Crippen LogP contribution in [0.15, 0.2) is 61.2 Å². The number of imidazole rings is 1. The second-order valence-corrected chi connectivity index (χ2v) is 9.85. The van der Waals surface area contributed by atoms with E-state index in [-0.39, 0.29) is 24.8 Å². The van der Waals surface area contributed by atoms with Gasteiger partial charge in [0, 0.05) is 76.4 Å². The number of likely N-dealkylation sites (tertiary alicyclic amines) is 2. The van der Waals surface area contributed by atoms with Gasteiger partial charge in [-0.05, 0) is 48.7 Å². The maximum atomic E-state index is 15.8. The average Bonchev–Trinajstić information content (AvgIpc) is 3.58. The highest BCUT2D eigenvalue weighted by molar-refractivity contribution is 5.85. The van der Waals surface area contributed by atoms with E-state index in [2.05, 4.69) is 24.4 Å². The largest absolute Gasteiger partial charge is 0.367 e. The van der Waals surface area contributed by atoms with Crippen molar-refractivity contribution in [2.75, 3.05) is 26.2 Å². The summed E-state index contributed by atoms with van der Waals surface area (Å²) >= 11 is 0. The van der Waals surface area contributed by atoms with Gasteiger partial charge in [0.05, 0.1) is 0 Å². The summed E-state index contributed by atoms with van der Waals surface area (Å²) in [6.45, 7) is 3.01. The van der Waals surface area contributed by atoms with Crippen molar-refractivity contribution in [3.8, 4) is 11.5 Å². The molecule has 2 aliphatic rings. The van der Waals surface area contributed by atoms with Crippen molar-refractivity contribution in [1.29, 1.82) is 0 Å². The number of amides is 1. The quantitative estimate of drug-likeness (QED) is 0.460. The van der Waals surface area contributed by atoms with Gasteiger partial charge in [-0.3, -0.25) is 14.7 Å². The van der Waals surface area contributed by atoms with Crippen molar-refractivity contribution >= 4 is 17.1 Å². The molecule has 4 aromatic heterocycles. The molecule has 36 heavy (non-hydrogen) atoms. The van der Waals surface area contributed by atoms with Crippen molar-refractivity contribution in [2.45, 2.75) is 43.9 Å². The van der Waals surface area contributed by atoms with E-state index in [1.165, 1.54) is 5.56 Å².